The van der Waals surface area contributed by atoms with Crippen LogP contribution in [0.15, 0.2) is 16.6 Å². The predicted octanol–water partition coefficient (Wildman–Crippen LogP) is 2.00. The smallest absolute Gasteiger partial charge is 0.174 e. The van der Waals surface area contributed by atoms with Gasteiger partial charge in [0.25, 0.3) is 0 Å². The molecule has 88 valence electrons. The lowest BCUT2D eigenvalue weighted by atomic mass is 10.1. The highest BCUT2D eigenvalue weighted by atomic mass is 79.9. The largest absolute Gasteiger partial charge is 0.493 e. The van der Waals surface area contributed by atoms with E-state index in [1.807, 2.05) is 0 Å². The van der Waals surface area contributed by atoms with Crippen molar-refractivity contribution in [3.63, 3.8) is 0 Å². The summed E-state index contributed by atoms with van der Waals surface area (Å²) in [6.45, 7) is 0.338. The van der Waals surface area contributed by atoms with Gasteiger partial charge in [-0.2, -0.15) is 0 Å². The summed E-state index contributed by atoms with van der Waals surface area (Å²) in [7, 11) is 3.07. The van der Waals surface area contributed by atoms with Gasteiger partial charge >= 0.3 is 0 Å². The number of hydrogen-bond acceptors (Lipinski definition) is 4. The molecular formula is C11H14BrNO3. The van der Waals surface area contributed by atoms with Gasteiger partial charge in [0, 0.05) is 12.0 Å². The first-order valence-electron chi connectivity index (χ1n) is 4.78. The van der Waals surface area contributed by atoms with Crippen molar-refractivity contribution >= 4 is 21.7 Å². The first-order valence-corrected chi connectivity index (χ1v) is 5.58. The van der Waals surface area contributed by atoms with E-state index in [1.165, 1.54) is 7.11 Å². The highest BCUT2D eigenvalue weighted by Crippen LogP contribution is 2.36. The van der Waals surface area contributed by atoms with Gasteiger partial charge in [0.2, 0.25) is 0 Å². The lowest BCUT2D eigenvalue weighted by Gasteiger charge is -2.11. The lowest BCUT2D eigenvalue weighted by Crippen LogP contribution is -2.08. The third-order valence-corrected chi connectivity index (χ3v) is 2.72. The summed E-state index contributed by atoms with van der Waals surface area (Å²) in [6, 6.07) is 3.36. The number of ether oxygens (including phenoxy) is 2. The predicted molar refractivity (Wildman–Crippen MR) is 65.2 cm³/mol. The molecule has 0 radical (unpaired) electrons. The second-order valence-corrected chi connectivity index (χ2v) is 4.01. The van der Waals surface area contributed by atoms with Gasteiger partial charge in [0.1, 0.15) is 0 Å². The van der Waals surface area contributed by atoms with E-state index in [0.29, 0.717) is 34.5 Å². The standard InChI is InChI=1S/C11H14BrNO3/c1-15-10-6-7(9(14)3-4-13)5-8(12)11(10)16-2/h5-6H,3-4,13H2,1-2H3. The molecule has 0 fully saturated rings. The van der Waals surface area contributed by atoms with E-state index in [2.05, 4.69) is 15.9 Å². The zero-order valence-corrected chi connectivity index (χ0v) is 10.8. The summed E-state index contributed by atoms with van der Waals surface area (Å²) < 4.78 is 11.0. The van der Waals surface area contributed by atoms with Crippen LogP contribution < -0.4 is 15.2 Å². The molecule has 0 aliphatic rings. The van der Waals surface area contributed by atoms with Gasteiger partial charge in [-0.25, -0.2) is 0 Å². The Labute approximate surface area is 103 Å². The summed E-state index contributed by atoms with van der Waals surface area (Å²) in [5, 5.41) is 0. The Morgan fingerprint density at radius 2 is 2.06 bits per heavy atom. The second kappa shape index (κ2) is 5.86. The average Bonchev–Trinajstić information content (AvgIpc) is 2.28. The zero-order valence-electron chi connectivity index (χ0n) is 9.25. The van der Waals surface area contributed by atoms with Gasteiger partial charge in [-0.05, 0) is 34.6 Å². The monoisotopic (exact) mass is 287 g/mol. The highest BCUT2D eigenvalue weighted by Gasteiger charge is 2.14. The molecule has 0 heterocycles. The second-order valence-electron chi connectivity index (χ2n) is 3.16. The molecule has 0 saturated carbocycles. The van der Waals surface area contributed by atoms with Crippen molar-refractivity contribution in [2.45, 2.75) is 6.42 Å². The van der Waals surface area contributed by atoms with Crippen molar-refractivity contribution in [2.75, 3.05) is 20.8 Å². The normalized spacial score (nSPS) is 10.0. The maximum Gasteiger partial charge on any atom is 0.174 e. The van der Waals surface area contributed by atoms with E-state index in [-0.39, 0.29) is 5.78 Å². The van der Waals surface area contributed by atoms with E-state index < -0.39 is 0 Å². The van der Waals surface area contributed by atoms with Crippen LogP contribution in [0.25, 0.3) is 0 Å². The summed E-state index contributed by atoms with van der Waals surface area (Å²) in [4.78, 5) is 11.7. The quantitative estimate of drug-likeness (QED) is 0.842. The Hall–Kier alpha value is -1.07. The average molecular weight is 288 g/mol. The number of methoxy groups -OCH3 is 2. The van der Waals surface area contributed by atoms with Gasteiger partial charge in [-0.3, -0.25) is 4.79 Å². The lowest BCUT2D eigenvalue weighted by molar-refractivity contribution is 0.0985. The van der Waals surface area contributed by atoms with Crippen LogP contribution in [0.5, 0.6) is 11.5 Å². The molecular weight excluding hydrogens is 274 g/mol. The minimum Gasteiger partial charge on any atom is -0.493 e. The molecule has 0 saturated heterocycles. The van der Waals surface area contributed by atoms with Crippen molar-refractivity contribution in [1.82, 2.24) is 0 Å². The first-order chi connectivity index (χ1) is 7.63. The molecule has 1 aromatic carbocycles. The number of halogens is 1. The molecule has 0 unspecified atom stereocenters. The van der Waals surface area contributed by atoms with Crippen molar-refractivity contribution in [3.05, 3.63) is 22.2 Å². The number of Topliss-reactive ketones (excluding diaryl/α,β-unsaturated/α-hetero) is 1. The van der Waals surface area contributed by atoms with Crippen molar-refractivity contribution < 1.29 is 14.3 Å². The van der Waals surface area contributed by atoms with Crippen molar-refractivity contribution in [2.24, 2.45) is 5.73 Å². The number of nitrogens with two attached hydrogens (primary N) is 1. The van der Waals surface area contributed by atoms with Crippen LogP contribution in [-0.4, -0.2) is 26.5 Å². The number of ketones is 1. The Morgan fingerprint density at radius 1 is 1.38 bits per heavy atom. The highest BCUT2D eigenvalue weighted by molar-refractivity contribution is 9.10. The molecule has 2 N–H and O–H groups in total. The molecule has 0 spiro atoms. The minimum atomic E-state index is -0.0100. The van der Waals surface area contributed by atoms with Crippen LogP contribution in [0, 0.1) is 0 Å². The van der Waals surface area contributed by atoms with Crippen LogP contribution in [-0.2, 0) is 0 Å². The molecule has 0 bridgehead atoms. The first kappa shape index (κ1) is 13.0. The van der Waals surface area contributed by atoms with Crippen LogP contribution in [0.3, 0.4) is 0 Å². The van der Waals surface area contributed by atoms with E-state index >= 15 is 0 Å². The third-order valence-electron chi connectivity index (χ3n) is 2.13. The van der Waals surface area contributed by atoms with Gasteiger partial charge in [0.15, 0.2) is 17.3 Å². The van der Waals surface area contributed by atoms with E-state index in [4.69, 9.17) is 15.2 Å². The molecule has 4 nitrogen and oxygen atoms in total. The molecule has 1 rings (SSSR count). The van der Waals surface area contributed by atoms with Crippen molar-refractivity contribution in [3.8, 4) is 11.5 Å². The number of rotatable bonds is 5. The van der Waals surface area contributed by atoms with E-state index in [1.54, 1.807) is 19.2 Å². The van der Waals surface area contributed by atoms with Crippen LogP contribution in [0.2, 0.25) is 0 Å². The molecule has 0 aliphatic heterocycles. The molecule has 1 aromatic rings. The zero-order chi connectivity index (χ0) is 12.1. The van der Waals surface area contributed by atoms with Gasteiger partial charge in [-0.15, -0.1) is 0 Å². The van der Waals surface area contributed by atoms with Crippen LogP contribution >= 0.6 is 15.9 Å². The number of benzene rings is 1. The molecule has 0 aromatic heterocycles. The molecule has 16 heavy (non-hydrogen) atoms. The third kappa shape index (κ3) is 2.74. The van der Waals surface area contributed by atoms with E-state index in [9.17, 15) is 4.79 Å². The van der Waals surface area contributed by atoms with Gasteiger partial charge < -0.3 is 15.2 Å². The van der Waals surface area contributed by atoms with Gasteiger partial charge in [0.05, 0.1) is 18.7 Å². The van der Waals surface area contributed by atoms with Crippen molar-refractivity contribution in [1.29, 1.82) is 0 Å². The maximum absolute atomic E-state index is 11.7. The molecule has 0 aliphatic carbocycles. The Kier molecular flexibility index (Phi) is 4.76. The SMILES string of the molecule is COc1cc(C(=O)CCN)cc(Br)c1OC. The number of carbonyl (C=O) groups is 1. The van der Waals surface area contributed by atoms with Crippen LogP contribution in [0.4, 0.5) is 0 Å². The fourth-order valence-corrected chi connectivity index (χ4v) is 1.96. The van der Waals surface area contributed by atoms with Crippen LogP contribution in [0.1, 0.15) is 16.8 Å². The summed E-state index contributed by atoms with van der Waals surface area (Å²) in [6.07, 6.45) is 0.321. The molecule has 0 atom stereocenters. The summed E-state index contributed by atoms with van der Waals surface area (Å²) in [5.74, 6) is 1.09. The number of carbonyl (C=O) groups excluding carboxylic acids is 1. The number of hydrogen-bond donors (Lipinski definition) is 1. The molecule has 0 amide bonds. The molecule has 5 heteroatoms. The topological polar surface area (TPSA) is 61.5 Å². The minimum absolute atomic E-state index is 0.0100. The fraction of sp³-hybridized carbons (Fsp3) is 0.364. The fourth-order valence-electron chi connectivity index (χ4n) is 1.35. The Balaban J connectivity index is 3.15. The Morgan fingerprint density at radius 3 is 2.56 bits per heavy atom. The maximum atomic E-state index is 11.7. The van der Waals surface area contributed by atoms with Gasteiger partial charge in [-0.1, -0.05) is 0 Å². The Bertz CT molecular complexity index is 393. The summed E-state index contributed by atoms with van der Waals surface area (Å²) >= 11 is 3.33. The summed E-state index contributed by atoms with van der Waals surface area (Å²) in [5.41, 5.74) is 5.91. The van der Waals surface area contributed by atoms with E-state index in [0.717, 1.165) is 0 Å².